The molecule has 4 heteroatoms. The van der Waals surface area contributed by atoms with Gasteiger partial charge >= 0.3 is 0 Å². The number of ether oxygens (including phenoxy) is 1. The molecule has 0 fully saturated rings. The lowest BCUT2D eigenvalue weighted by Crippen LogP contribution is -2.16. The van der Waals surface area contributed by atoms with Crippen molar-refractivity contribution in [3.63, 3.8) is 0 Å². The fourth-order valence-electron chi connectivity index (χ4n) is 1.41. The summed E-state index contributed by atoms with van der Waals surface area (Å²) in [6.45, 7) is 2.78. The minimum Gasteiger partial charge on any atom is -0.492 e. The van der Waals surface area contributed by atoms with Gasteiger partial charge in [-0.2, -0.15) is 0 Å². The first-order chi connectivity index (χ1) is 8.13. The van der Waals surface area contributed by atoms with Crippen LogP contribution in [0.2, 0.25) is 0 Å². The van der Waals surface area contributed by atoms with Crippen molar-refractivity contribution in [2.75, 3.05) is 20.2 Å². The smallest absolute Gasteiger partial charge is 0.130 e. The molecule has 0 heterocycles. The highest BCUT2D eigenvalue weighted by Crippen LogP contribution is 2.18. The van der Waals surface area contributed by atoms with Crippen molar-refractivity contribution in [2.24, 2.45) is 0 Å². The van der Waals surface area contributed by atoms with Gasteiger partial charge in [-0.1, -0.05) is 0 Å². The number of aryl methyl sites for hydroxylation is 1. The van der Waals surface area contributed by atoms with Gasteiger partial charge in [-0.3, -0.25) is 0 Å². The van der Waals surface area contributed by atoms with Crippen molar-refractivity contribution in [3.05, 3.63) is 29.6 Å². The molecule has 0 bridgehead atoms. The van der Waals surface area contributed by atoms with E-state index in [9.17, 15) is 9.18 Å². The number of hydrogen-bond donors (Lipinski definition) is 1. The summed E-state index contributed by atoms with van der Waals surface area (Å²) in [5, 5.41) is 2.96. The fraction of sp³-hybridized carbons (Fsp3) is 0.462. The van der Waals surface area contributed by atoms with Gasteiger partial charge in [0.15, 0.2) is 0 Å². The van der Waals surface area contributed by atoms with Gasteiger partial charge in [0.2, 0.25) is 0 Å². The lowest BCUT2D eigenvalue weighted by atomic mass is 10.1. The minimum atomic E-state index is -0.285. The molecule has 3 nitrogen and oxygen atoms in total. The number of carbonyl (C=O) groups is 1. The standard InChI is InChI=1S/C13H18FNO2/c1-10(16)3-4-11-9-12(5-6-13(11)14)17-8-7-15-2/h5-6,9,15H,3-4,7-8H2,1-2H3. The summed E-state index contributed by atoms with van der Waals surface area (Å²) in [4.78, 5) is 10.9. The molecule has 1 N–H and O–H groups in total. The third-order valence-electron chi connectivity index (χ3n) is 2.38. The summed E-state index contributed by atoms with van der Waals surface area (Å²) >= 11 is 0. The maximum absolute atomic E-state index is 13.4. The molecule has 1 rings (SSSR count). The number of ketones is 1. The monoisotopic (exact) mass is 239 g/mol. The average molecular weight is 239 g/mol. The van der Waals surface area contributed by atoms with Crippen molar-refractivity contribution in [1.82, 2.24) is 5.32 Å². The lowest BCUT2D eigenvalue weighted by Gasteiger charge is -2.08. The van der Waals surface area contributed by atoms with Gasteiger partial charge in [-0.15, -0.1) is 0 Å². The van der Waals surface area contributed by atoms with Crippen LogP contribution in [0.1, 0.15) is 18.9 Å². The Kier molecular flexibility index (Phi) is 5.63. The van der Waals surface area contributed by atoms with Gasteiger partial charge in [0.25, 0.3) is 0 Å². The fourth-order valence-corrected chi connectivity index (χ4v) is 1.41. The lowest BCUT2D eigenvalue weighted by molar-refractivity contribution is -0.116. The van der Waals surface area contributed by atoms with Crippen molar-refractivity contribution < 1.29 is 13.9 Å². The van der Waals surface area contributed by atoms with E-state index in [1.165, 1.54) is 13.0 Å². The summed E-state index contributed by atoms with van der Waals surface area (Å²) < 4.78 is 18.9. The van der Waals surface area contributed by atoms with Crippen molar-refractivity contribution in [2.45, 2.75) is 19.8 Å². The highest BCUT2D eigenvalue weighted by molar-refractivity contribution is 5.75. The summed E-state index contributed by atoms with van der Waals surface area (Å²) in [6, 6.07) is 4.64. The maximum Gasteiger partial charge on any atom is 0.130 e. The van der Waals surface area contributed by atoms with Gasteiger partial charge < -0.3 is 14.8 Å². The molecule has 0 aliphatic heterocycles. The molecular weight excluding hydrogens is 221 g/mol. The minimum absolute atomic E-state index is 0.0610. The zero-order valence-electron chi connectivity index (χ0n) is 10.3. The van der Waals surface area contributed by atoms with E-state index < -0.39 is 0 Å². The molecule has 0 aliphatic carbocycles. The molecule has 0 aliphatic rings. The van der Waals surface area contributed by atoms with E-state index in [0.29, 0.717) is 30.8 Å². The molecule has 1 aromatic rings. The second kappa shape index (κ2) is 7.01. The molecule has 94 valence electrons. The first-order valence-corrected chi connectivity index (χ1v) is 5.68. The van der Waals surface area contributed by atoms with Gasteiger partial charge in [-0.05, 0) is 44.2 Å². The molecule has 0 atom stereocenters. The van der Waals surface area contributed by atoms with Crippen LogP contribution < -0.4 is 10.1 Å². The molecule has 0 saturated heterocycles. The van der Waals surface area contributed by atoms with Crippen LogP contribution in [-0.4, -0.2) is 26.0 Å². The highest BCUT2D eigenvalue weighted by atomic mass is 19.1. The van der Waals surface area contributed by atoms with E-state index in [4.69, 9.17) is 4.74 Å². The van der Waals surface area contributed by atoms with Crippen molar-refractivity contribution in [3.8, 4) is 5.75 Å². The van der Waals surface area contributed by atoms with Gasteiger partial charge in [0, 0.05) is 13.0 Å². The molecule has 0 spiro atoms. The van der Waals surface area contributed by atoms with Crippen LogP contribution in [0.4, 0.5) is 4.39 Å². The Morgan fingerprint density at radius 1 is 1.47 bits per heavy atom. The number of benzene rings is 1. The molecule has 0 radical (unpaired) electrons. The summed E-state index contributed by atoms with van der Waals surface area (Å²) in [6.07, 6.45) is 0.779. The van der Waals surface area contributed by atoms with E-state index in [0.717, 1.165) is 6.54 Å². The Bertz CT molecular complexity index is 380. The van der Waals surface area contributed by atoms with Crippen LogP contribution in [0.15, 0.2) is 18.2 Å². The van der Waals surface area contributed by atoms with Gasteiger partial charge in [0.05, 0.1) is 0 Å². The van der Waals surface area contributed by atoms with E-state index in [-0.39, 0.29) is 11.6 Å². The zero-order valence-corrected chi connectivity index (χ0v) is 10.3. The van der Waals surface area contributed by atoms with E-state index in [1.807, 2.05) is 7.05 Å². The topological polar surface area (TPSA) is 38.3 Å². The third kappa shape index (κ3) is 4.95. The highest BCUT2D eigenvalue weighted by Gasteiger charge is 2.05. The Labute approximate surface area is 101 Å². The Morgan fingerprint density at radius 3 is 2.88 bits per heavy atom. The maximum atomic E-state index is 13.4. The summed E-state index contributed by atoms with van der Waals surface area (Å²) in [5.74, 6) is 0.415. The molecule has 17 heavy (non-hydrogen) atoms. The van der Waals surface area contributed by atoms with Crippen LogP contribution >= 0.6 is 0 Å². The van der Waals surface area contributed by atoms with E-state index >= 15 is 0 Å². The quantitative estimate of drug-likeness (QED) is 0.739. The van der Waals surface area contributed by atoms with Crippen LogP contribution in [0, 0.1) is 5.82 Å². The first kappa shape index (κ1) is 13.6. The van der Waals surface area contributed by atoms with Crippen molar-refractivity contribution in [1.29, 1.82) is 0 Å². The molecule has 0 aromatic heterocycles. The second-order valence-electron chi connectivity index (χ2n) is 3.91. The summed E-state index contributed by atoms with van der Waals surface area (Å²) in [7, 11) is 1.84. The van der Waals surface area contributed by atoms with Gasteiger partial charge in [0.1, 0.15) is 24.0 Å². The van der Waals surface area contributed by atoms with Crippen LogP contribution in [0.5, 0.6) is 5.75 Å². The van der Waals surface area contributed by atoms with E-state index in [1.54, 1.807) is 12.1 Å². The second-order valence-corrected chi connectivity index (χ2v) is 3.91. The molecule has 1 aromatic carbocycles. The SMILES string of the molecule is CNCCOc1ccc(F)c(CCC(C)=O)c1. The normalized spacial score (nSPS) is 10.3. The predicted molar refractivity (Wildman–Crippen MR) is 64.8 cm³/mol. The Balaban J connectivity index is 2.62. The number of halogens is 1. The Morgan fingerprint density at radius 2 is 2.24 bits per heavy atom. The predicted octanol–water partition coefficient (Wildman–Crippen LogP) is 1.95. The molecule has 0 saturated carbocycles. The number of hydrogen-bond acceptors (Lipinski definition) is 3. The first-order valence-electron chi connectivity index (χ1n) is 5.68. The van der Waals surface area contributed by atoms with E-state index in [2.05, 4.69) is 5.32 Å². The largest absolute Gasteiger partial charge is 0.492 e. The molecular formula is C13H18FNO2. The zero-order chi connectivity index (χ0) is 12.7. The molecule has 0 unspecified atom stereocenters. The summed E-state index contributed by atoms with van der Waals surface area (Å²) in [5.41, 5.74) is 0.530. The molecule has 0 amide bonds. The van der Waals surface area contributed by atoms with Gasteiger partial charge in [-0.25, -0.2) is 4.39 Å². The number of Topliss-reactive ketones (excluding diaryl/α,β-unsaturated/α-hetero) is 1. The number of rotatable bonds is 7. The average Bonchev–Trinajstić information content (AvgIpc) is 2.29. The third-order valence-corrected chi connectivity index (χ3v) is 2.38. The number of nitrogens with one attached hydrogen (secondary N) is 1. The van der Waals surface area contributed by atoms with Crippen LogP contribution in [0.25, 0.3) is 0 Å². The van der Waals surface area contributed by atoms with Crippen LogP contribution in [-0.2, 0) is 11.2 Å². The van der Waals surface area contributed by atoms with Crippen LogP contribution in [0.3, 0.4) is 0 Å². The number of likely N-dealkylation sites (N-methyl/N-ethyl adjacent to an activating group) is 1. The Hall–Kier alpha value is -1.42. The number of carbonyl (C=O) groups excluding carboxylic acids is 1. The van der Waals surface area contributed by atoms with Crippen molar-refractivity contribution >= 4 is 5.78 Å².